The van der Waals surface area contributed by atoms with E-state index in [-0.39, 0.29) is 24.4 Å². The van der Waals surface area contributed by atoms with Crippen LogP contribution in [0.15, 0.2) is 29.2 Å². The standard InChI is InChI=1S/C14H17FN2O5S/c15-10-1-3-11(4-2-10)23(21,22)17-8-5-12(18)16-9-14(6-7-14)13(19)20/h1-4,17H,5-9H2,(H,16,18)(H,19,20). The molecule has 126 valence electrons. The van der Waals surface area contributed by atoms with Crippen molar-refractivity contribution in [2.24, 2.45) is 5.41 Å². The van der Waals surface area contributed by atoms with E-state index < -0.39 is 33.1 Å². The molecule has 0 atom stereocenters. The van der Waals surface area contributed by atoms with Gasteiger partial charge in [0.05, 0.1) is 10.3 Å². The highest BCUT2D eigenvalue weighted by Gasteiger charge is 2.50. The summed E-state index contributed by atoms with van der Waals surface area (Å²) < 4.78 is 38.8. The van der Waals surface area contributed by atoms with Crippen LogP contribution in [0.5, 0.6) is 0 Å². The summed E-state index contributed by atoms with van der Waals surface area (Å²) in [6.45, 7) is -0.0858. The molecule has 0 bridgehead atoms. The lowest BCUT2D eigenvalue weighted by Crippen LogP contribution is -2.36. The predicted octanol–water partition coefficient (Wildman–Crippen LogP) is 0.475. The van der Waals surface area contributed by atoms with Crippen molar-refractivity contribution in [3.63, 3.8) is 0 Å². The van der Waals surface area contributed by atoms with Crippen LogP contribution in [0.2, 0.25) is 0 Å². The highest BCUT2D eigenvalue weighted by Crippen LogP contribution is 2.45. The normalized spacial score (nSPS) is 15.9. The molecule has 1 aromatic carbocycles. The van der Waals surface area contributed by atoms with Crippen LogP contribution in [0.4, 0.5) is 4.39 Å². The second-order valence-corrected chi connectivity index (χ2v) is 7.23. The number of rotatable bonds is 8. The van der Waals surface area contributed by atoms with Crippen LogP contribution in [-0.2, 0) is 19.6 Å². The third-order valence-electron chi connectivity index (χ3n) is 3.70. The summed E-state index contributed by atoms with van der Waals surface area (Å²) in [4.78, 5) is 22.5. The molecule has 0 aliphatic heterocycles. The van der Waals surface area contributed by atoms with E-state index in [4.69, 9.17) is 5.11 Å². The number of benzene rings is 1. The topological polar surface area (TPSA) is 113 Å². The van der Waals surface area contributed by atoms with Crippen molar-refractivity contribution in [3.05, 3.63) is 30.1 Å². The monoisotopic (exact) mass is 344 g/mol. The molecule has 0 unspecified atom stereocenters. The highest BCUT2D eigenvalue weighted by atomic mass is 32.2. The van der Waals surface area contributed by atoms with Gasteiger partial charge in [0, 0.05) is 19.5 Å². The number of aliphatic carboxylic acids is 1. The Kier molecular flexibility index (Phi) is 5.00. The maximum absolute atomic E-state index is 12.8. The zero-order chi connectivity index (χ0) is 17.1. The molecule has 23 heavy (non-hydrogen) atoms. The molecule has 0 radical (unpaired) electrons. The van der Waals surface area contributed by atoms with Gasteiger partial charge in [-0.2, -0.15) is 0 Å². The fourth-order valence-corrected chi connectivity index (χ4v) is 3.00. The number of carboxylic acids is 1. The van der Waals surface area contributed by atoms with Crippen LogP contribution in [-0.4, -0.2) is 38.5 Å². The van der Waals surface area contributed by atoms with Crippen molar-refractivity contribution in [1.82, 2.24) is 10.0 Å². The van der Waals surface area contributed by atoms with Crippen molar-refractivity contribution in [1.29, 1.82) is 0 Å². The van der Waals surface area contributed by atoms with Crippen LogP contribution in [0.1, 0.15) is 19.3 Å². The summed E-state index contributed by atoms with van der Waals surface area (Å²) in [5.74, 6) is -1.91. The van der Waals surface area contributed by atoms with E-state index >= 15 is 0 Å². The van der Waals surface area contributed by atoms with E-state index in [2.05, 4.69) is 10.0 Å². The lowest BCUT2D eigenvalue weighted by Gasteiger charge is -2.11. The summed E-state index contributed by atoms with van der Waals surface area (Å²) in [5.41, 5.74) is -0.858. The Bertz CT molecular complexity index is 698. The molecule has 1 amide bonds. The minimum absolute atomic E-state index is 0.0475. The number of halogens is 1. The van der Waals surface area contributed by atoms with E-state index in [0.29, 0.717) is 12.8 Å². The summed E-state index contributed by atoms with van der Waals surface area (Å²) in [6, 6.07) is 4.31. The van der Waals surface area contributed by atoms with Crippen molar-refractivity contribution in [2.75, 3.05) is 13.1 Å². The molecule has 0 aromatic heterocycles. The van der Waals surface area contributed by atoms with Crippen LogP contribution >= 0.6 is 0 Å². The van der Waals surface area contributed by atoms with Gasteiger partial charge in [0.2, 0.25) is 15.9 Å². The SMILES string of the molecule is O=C(CCNS(=O)(=O)c1ccc(F)cc1)NCC1(C(=O)O)CC1. The number of hydrogen-bond acceptors (Lipinski definition) is 4. The maximum atomic E-state index is 12.8. The first-order chi connectivity index (χ1) is 10.8. The Morgan fingerprint density at radius 3 is 2.35 bits per heavy atom. The number of carboxylic acid groups (broad SMARTS) is 1. The zero-order valence-electron chi connectivity index (χ0n) is 12.2. The van der Waals surface area contributed by atoms with Gasteiger partial charge in [-0.25, -0.2) is 17.5 Å². The molecule has 9 heteroatoms. The third kappa shape index (κ3) is 4.49. The summed E-state index contributed by atoms with van der Waals surface area (Å²) in [7, 11) is -3.81. The number of sulfonamides is 1. The van der Waals surface area contributed by atoms with Crippen LogP contribution in [0.3, 0.4) is 0 Å². The number of carbonyl (C=O) groups excluding carboxylic acids is 1. The van der Waals surface area contributed by atoms with E-state index in [1.54, 1.807) is 0 Å². The van der Waals surface area contributed by atoms with Gasteiger partial charge < -0.3 is 10.4 Å². The molecule has 1 fully saturated rings. The smallest absolute Gasteiger partial charge is 0.311 e. The molecule has 0 spiro atoms. The largest absolute Gasteiger partial charge is 0.481 e. The molecule has 0 saturated heterocycles. The Morgan fingerprint density at radius 2 is 1.83 bits per heavy atom. The first-order valence-corrected chi connectivity index (χ1v) is 8.49. The summed E-state index contributed by atoms with van der Waals surface area (Å²) in [5, 5.41) is 11.5. The van der Waals surface area contributed by atoms with Crippen LogP contribution in [0.25, 0.3) is 0 Å². The summed E-state index contributed by atoms with van der Waals surface area (Å²) >= 11 is 0. The lowest BCUT2D eigenvalue weighted by molar-refractivity contribution is -0.143. The Balaban J connectivity index is 1.77. The molecular weight excluding hydrogens is 327 g/mol. The molecule has 2 rings (SSSR count). The van der Waals surface area contributed by atoms with Gasteiger partial charge in [-0.1, -0.05) is 0 Å². The lowest BCUT2D eigenvalue weighted by atomic mass is 10.1. The Morgan fingerprint density at radius 1 is 1.22 bits per heavy atom. The number of hydrogen-bond donors (Lipinski definition) is 3. The van der Waals surface area contributed by atoms with Crippen molar-refractivity contribution < 1.29 is 27.5 Å². The molecule has 1 aliphatic carbocycles. The van der Waals surface area contributed by atoms with Gasteiger partial charge in [0.1, 0.15) is 5.82 Å². The molecule has 7 nitrogen and oxygen atoms in total. The zero-order valence-corrected chi connectivity index (χ0v) is 13.0. The van der Waals surface area contributed by atoms with Gasteiger partial charge in [0.25, 0.3) is 0 Å². The van der Waals surface area contributed by atoms with Crippen molar-refractivity contribution >= 4 is 21.9 Å². The number of carbonyl (C=O) groups is 2. The Labute approximate surface area is 132 Å². The van der Waals surface area contributed by atoms with Gasteiger partial charge in [-0.3, -0.25) is 9.59 Å². The fourth-order valence-electron chi connectivity index (χ4n) is 1.97. The summed E-state index contributed by atoms with van der Waals surface area (Å²) in [6.07, 6.45) is 0.940. The number of nitrogens with one attached hydrogen (secondary N) is 2. The average Bonchev–Trinajstić information content (AvgIpc) is 3.27. The molecular formula is C14H17FN2O5S. The van der Waals surface area contributed by atoms with Gasteiger partial charge in [-0.05, 0) is 37.1 Å². The molecule has 0 heterocycles. The molecule has 1 aromatic rings. The maximum Gasteiger partial charge on any atom is 0.311 e. The second kappa shape index (κ2) is 6.63. The van der Waals surface area contributed by atoms with Crippen molar-refractivity contribution in [2.45, 2.75) is 24.2 Å². The fraction of sp³-hybridized carbons (Fsp3) is 0.429. The number of amides is 1. The molecule has 3 N–H and O–H groups in total. The van der Waals surface area contributed by atoms with Crippen LogP contribution in [0, 0.1) is 11.2 Å². The minimum atomic E-state index is -3.81. The van der Waals surface area contributed by atoms with E-state index in [0.717, 1.165) is 24.3 Å². The van der Waals surface area contributed by atoms with Gasteiger partial charge >= 0.3 is 5.97 Å². The second-order valence-electron chi connectivity index (χ2n) is 5.46. The van der Waals surface area contributed by atoms with E-state index in [9.17, 15) is 22.4 Å². The van der Waals surface area contributed by atoms with Crippen LogP contribution < -0.4 is 10.0 Å². The third-order valence-corrected chi connectivity index (χ3v) is 5.18. The first kappa shape index (κ1) is 17.4. The van der Waals surface area contributed by atoms with Gasteiger partial charge in [-0.15, -0.1) is 0 Å². The first-order valence-electron chi connectivity index (χ1n) is 7.01. The van der Waals surface area contributed by atoms with Gasteiger partial charge in [0.15, 0.2) is 0 Å². The minimum Gasteiger partial charge on any atom is -0.481 e. The van der Waals surface area contributed by atoms with Crippen molar-refractivity contribution in [3.8, 4) is 0 Å². The Hall–Kier alpha value is -2.00. The average molecular weight is 344 g/mol. The molecule has 1 saturated carbocycles. The highest BCUT2D eigenvalue weighted by molar-refractivity contribution is 7.89. The molecule has 1 aliphatic rings. The quantitative estimate of drug-likeness (QED) is 0.635. The van der Waals surface area contributed by atoms with E-state index in [1.165, 1.54) is 0 Å². The predicted molar refractivity (Wildman–Crippen MR) is 78.5 cm³/mol. The van der Waals surface area contributed by atoms with E-state index in [1.807, 2.05) is 0 Å².